The number of aromatic amines is 1. The Balaban J connectivity index is 2.43. The highest BCUT2D eigenvalue weighted by atomic mass is 79.9. The highest BCUT2D eigenvalue weighted by Crippen LogP contribution is 2.23. The number of carbonyl (C=O) groups is 1. The molecule has 0 saturated heterocycles. The molecular formula is C12H12BrN3O4S. The van der Waals surface area contributed by atoms with E-state index in [1.165, 1.54) is 12.1 Å². The summed E-state index contributed by atoms with van der Waals surface area (Å²) in [6.07, 6.45) is 0. The van der Waals surface area contributed by atoms with Crippen LogP contribution in [0.15, 0.2) is 27.6 Å². The number of nitrogens with zero attached hydrogens (tertiary/aromatic N) is 1. The van der Waals surface area contributed by atoms with E-state index in [1.807, 2.05) is 0 Å². The van der Waals surface area contributed by atoms with Crippen LogP contribution in [0.4, 0.5) is 5.82 Å². The Morgan fingerprint density at radius 1 is 1.38 bits per heavy atom. The lowest BCUT2D eigenvalue weighted by Gasteiger charge is -2.08. The second kappa shape index (κ2) is 5.49. The van der Waals surface area contributed by atoms with E-state index in [9.17, 15) is 13.2 Å². The van der Waals surface area contributed by atoms with Crippen molar-refractivity contribution in [3.05, 3.63) is 39.5 Å². The number of nitrogens with one attached hydrogen (secondary N) is 2. The minimum atomic E-state index is -3.91. The predicted octanol–water partition coefficient (Wildman–Crippen LogP) is 2.29. The van der Waals surface area contributed by atoms with E-state index in [4.69, 9.17) is 5.11 Å². The smallest absolute Gasteiger partial charge is 0.336 e. The van der Waals surface area contributed by atoms with Gasteiger partial charge in [-0.1, -0.05) is 0 Å². The Hall–Kier alpha value is -1.87. The van der Waals surface area contributed by atoms with Gasteiger partial charge >= 0.3 is 5.97 Å². The van der Waals surface area contributed by atoms with Gasteiger partial charge in [-0.15, -0.1) is 0 Å². The molecule has 0 spiro atoms. The molecule has 1 aromatic carbocycles. The summed E-state index contributed by atoms with van der Waals surface area (Å²) in [5, 5.41) is 15.6. The van der Waals surface area contributed by atoms with Crippen LogP contribution in [0, 0.1) is 13.8 Å². The highest BCUT2D eigenvalue weighted by molar-refractivity contribution is 9.10. The Morgan fingerprint density at radius 3 is 2.57 bits per heavy atom. The van der Waals surface area contributed by atoms with Crippen molar-refractivity contribution in [3.63, 3.8) is 0 Å². The third kappa shape index (κ3) is 3.08. The normalized spacial score (nSPS) is 11.4. The average Bonchev–Trinajstić information content (AvgIpc) is 2.70. The summed E-state index contributed by atoms with van der Waals surface area (Å²) in [6.45, 7) is 3.49. The predicted molar refractivity (Wildman–Crippen MR) is 80.0 cm³/mol. The summed E-state index contributed by atoms with van der Waals surface area (Å²) >= 11 is 3.07. The van der Waals surface area contributed by atoms with Crippen molar-refractivity contribution in [3.8, 4) is 0 Å². The van der Waals surface area contributed by atoms with E-state index in [0.29, 0.717) is 10.0 Å². The molecule has 2 aromatic rings. The van der Waals surface area contributed by atoms with E-state index >= 15 is 0 Å². The molecule has 9 heteroatoms. The number of H-pyrrole nitrogens is 1. The Labute approximate surface area is 129 Å². The fraction of sp³-hybridized carbons (Fsp3) is 0.167. The minimum absolute atomic E-state index is 0.132. The molecule has 0 radical (unpaired) electrons. The number of benzene rings is 1. The molecule has 7 nitrogen and oxygen atoms in total. The molecule has 0 saturated carbocycles. The fourth-order valence-corrected chi connectivity index (χ4v) is 3.11. The van der Waals surface area contributed by atoms with E-state index < -0.39 is 16.0 Å². The van der Waals surface area contributed by atoms with Gasteiger partial charge in [-0.3, -0.25) is 9.82 Å². The summed E-state index contributed by atoms with van der Waals surface area (Å²) in [7, 11) is -3.91. The van der Waals surface area contributed by atoms with Gasteiger partial charge in [0, 0.05) is 15.7 Å². The Morgan fingerprint density at radius 2 is 2.05 bits per heavy atom. The molecule has 21 heavy (non-hydrogen) atoms. The van der Waals surface area contributed by atoms with Gasteiger partial charge in [-0.05, 0) is 48.0 Å². The van der Waals surface area contributed by atoms with Crippen LogP contribution >= 0.6 is 15.9 Å². The van der Waals surface area contributed by atoms with Gasteiger partial charge in [-0.2, -0.15) is 5.10 Å². The van der Waals surface area contributed by atoms with Gasteiger partial charge in [0.25, 0.3) is 10.0 Å². The first kappa shape index (κ1) is 15.5. The second-order valence-electron chi connectivity index (χ2n) is 4.37. The number of anilines is 1. The molecule has 0 unspecified atom stereocenters. The quantitative estimate of drug-likeness (QED) is 0.760. The molecule has 0 aliphatic carbocycles. The average molecular weight is 374 g/mol. The van der Waals surface area contributed by atoms with Crippen LogP contribution in [-0.2, 0) is 10.0 Å². The monoisotopic (exact) mass is 373 g/mol. The van der Waals surface area contributed by atoms with E-state index in [0.717, 1.165) is 11.8 Å². The number of carboxylic acids is 1. The number of aromatic carboxylic acids is 1. The maximum Gasteiger partial charge on any atom is 0.336 e. The summed E-state index contributed by atoms with van der Waals surface area (Å²) in [5.41, 5.74) is 1.29. The van der Waals surface area contributed by atoms with Gasteiger partial charge in [0.15, 0.2) is 5.82 Å². The lowest BCUT2D eigenvalue weighted by atomic mass is 10.2. The summed E-state index contributed by atoms with van der Waals surface area (Å²) < 4.78 is 27.2. The van der Waals surface area contributed by atoms with Gasteiger partial charge in [0.1, 0.15) is 0 Å². The standard InChI is InChI=1S/C12H12BrN3O4S/c1-6-7(2)14-15-11(6)16-21(19,20)8-3-4-10(13)9(5-8)12(17)18/h3-5H,1-2H3,(H,17,18)(H2,14,15,16). The lowest BCUT2D eigenvalue weighted by molar-refractivity contribution is 0.0695. The van der Waals surface area contributed by atoms with Crippen molar-refractivity contribution >= 4 is 37.7 Å². The number of sulfonamides is 1. The van der Waals surface area contributed by atoms with Gasteiger partial charge in [-0.25, -0.2) is 13.2 Å². The first-order valence-electron chi connectivity index (χ1n) is 5.79. The van der Waals surface area contributed by atoms with Crippen LogP contribution in [0.5, 0.6) is 0 Å². The third-order valence-corrected chi connectivity index (χ3v) is 4.99. The Bertz CT molecular complexity index is 814. The van der Waals surface area contributed by atoms with Crippen LogP contribution in [0.3, 0.4) is 0 Å². The zero-order valence-corrected chi connectivity index (χ0v) is 13.5. The number of hydrogen-bond acceptors (Lipinski definition) is 4. The zero-order valence-electron chi connectivity index (χ0n) is 11.1. The fourth-order valence-electron chi connectivity index (χ4n) is 1.61. The molecule has 0 atom stereocenters. The van der Waals surface area contributed by atoms with Crippen molar-refractivity contribution in [1.82, 2.24) is 10.2 Å². The molecule has 112 valence electrons. The van der Waals surface area contributed by atoms with Crippen molar-refractivity contribution in [2.45, 2.75) is 18.7 Å². The number of aromatic nitrogens is 2. The number of halogens is 1. The first-order chi connectivity index (χ1) is 9.72. The molecule has 0 aliphatic rings. The van der Waals surface area contributed by atoms with Crippen molar-refractivity contribution in [2.75, 3.05) is 4.72 Å². The number of carboxylic acid groups (broad SMARTS) is 1. The molecule has 0 aliphatic heterocycles. The second-order valence-corrected chi connectivity index (χ2v) is 6.91. The van der Waals surface area contributed by atoms with Crippen LogP contribution in [0.1, 0.15) is 21.6 Å². The largest absolute Gasteiger partial charge is 0.478 e. The van der Waals surface area contributed by atoms with Crippen molar-refractivity contribution in [2.24, 2.45) is 0 Å². The molecule has 0 bridgehead atoms. The number of rotatable bonds is 4. The van der Waals surface area contributed by atoms with Crippen molar-refractivity contribution in [1.29, 1.82) is 0 Å². The molecule has 1 aromatic heterocycles. The number of aryl methyl sites for hydroxylation is 1. The van der Waals surface area contributed by atoms with Crippen molar-refractivity contribution < 1.29 is 18.3 Å². The minimum Gasteiger partial charge on any atom is -0.478 e. The zero-order chi connectivity index (χ0) is 15.8. The molecule has 0 amide bonds. The van der Waals surface area contributed by atoms with E-state index in [2.05, 4.69) is 30.8 Å². The van der Waals surface area contributed by atoms with Gasteiger partial charge in [0.05, 0.1) is 10.5 Å². The molecule has 1 heterocycles. The SMILES string of the molecule is Cc1[nH]nc(NS(=O)(=O)c2ccc(Br)c(C(=O)O)c2)c1C. The molecule has 2 rings (SSSR count). The van der Waals surface area contributed by atoms with Gasteiger partial charge in [0.2, 0.25) is 0 Å². The van der Waals surface area contributed by atoms with Crippen LogP contribution < -0.4 is 4.72 Å². The molecular weight excluding hydrogens is 362 g/mol. The lowest BCUT2D eigenvalue weighted by Crippen LogP contribution is -2.15. The van der Waals surface area contributed by atoms with Gasteiger partial charge < -0.3 is 5.11 Å². The van der Waals surface area contributed by atoms with Crippen LogP contribution in [0.25, 0.3) is 0 Å². The van der Waals surface area contributed by atoms with Crippen LogP contribution in [-0.4, -0.2) is 29.7 Å². The Kier molecular flexibility index (Phi) is 4.06. The van der Waals surface area contributed by atoms with E-state index in [1.54, 1.807) is 13.8 Å². The maximum atomic E-state index is 12.3. The molecule has 3 N–H and O–H groups in total. The highest BCUT2D eigenvalue weighted by Gasteiger charge is 2.20. The van der Waals surface area contributed by atoms with E-state index in [-0.39, 0.29) is 16.3 Å². The third-order valence-electron chi connectivity index (χ3n) is 2.96. The summed E-state index contributed by atoms with van der Waals surface area (Å²) in [4.78, 5) is 10.9. The number of hydrogen-bond donors (Lipinski definition) is 3. The molecule has 0 fully saturated rings. The van der Waals surface area contributed by atoms with Crippen LogP contribution in [0.2, 0.25) is 0 Å². The summed E-state index contributed by atoms with van der Waals surface area (Å²) in [5.74, 6) is -1.03. The topological polar surface area (TPSA) is 112 Å². The maximum absolute atomic E-state index is 12.3. The first-order valence-corrected chi connectivity index (χ1v) is 8.07. The summed E-state index contributed by atoms with van der Waals surface area (Å²) in [6, 6.07) is 3.78.